The minimum atomic E-state index is 0.699. The van der Waals surface area contributed by atoms with Gasteiger partial charge in [0.05, 0.1) is 0 Å². The molecule has 1 unspecified atom stereocenters. The Morgan fingerprint density at radius 1 is 2.00 bits per heavy atom. The standard InChI is InChI=1S/BH5NPS/c2-1-4-3/h1H,2-3H2. The Bertz CT molecular complexity index is 10.0. The molecule has 24 valence electrons. The predicted molar refractivity (Wildman–Crippen MR) is 28.6 cm³/mol. The molecule has 0 aromatic rings. The maximum atomic E-state index is 4.97. The van der Waals surface area contributed by atoms with Gasteiger partial charge in [0.25, 0.3) is 6.69 Å². The van der Waals surface area contributed by atoms with Crippen LogP contribution in [0.15, 0.2) is 0 Å². The largest absolute Gasteiger partial charge is 0.363 e. The summed E-state index contributed by atoms with van der Waals surface area (Å²) in [6.07, 6.45) is 0. The minimum absolute atomic E-state index is 0.699. The second kappa shape index (κ2) is 3.80. The van der Waals surface area contributed by atoms with Crippen molar-refractivity contribution in [1.29, 1.82) is 0 Å². The van der Waals surface area contributed by atoms with Gasteiger partial charge in [-0.15, -0.1) is 0 Å². The summed E-state index contributed by atoms with van der Waals surface area (Å²) in [6, 6.07) is 0. The Morgan fingerprint density at radius 2 is 2.25 bits per heavy atom. The van der Waals surface area contributed by atoms with E-state index in [0.29, 0.717) is 6.69 Å². The highest BCUT2D eigenvalue weighted by Gasteiger charge is 1.61. The van der Waals surface area contributed by atoms with Crippen LogP contribution in [0.2, 0.25) is 0 Å². The van der Waals surface area contributed by atoms with Crippen molar-refractivity contribution in [3.8, 4) is 0 Å². The molecular formula is H5BNPS. The molecule has 0 aliphatic carbocycles. The van der Waals surface area contributed by atoms with Crippen molar-refractivity contribution in [3.63, 3.8) is 0 Å². The zero-order valence-electron chi connectivity index (χ0n) is 2.27. The summed E-state index contributed by atoms with van der Waals surface area (Å²) in [5.41, 5.74) is 4.97. The van der Waals surface area contributed by atoms with Gasteiger partial charge >= 0.3 is 0 Å². The third kappa shape index (κ3) is 2.80. The molecule has 0 rings (SSSR count). The van der Waals surface area contributed by atoms with Crippen molar-refractivity contribution in [1.82, 2.24) is 0 Å². The van der Waals surface area contributed by atoms with Gasteiger partial charge in [0.1, 0.15) is 0 Å². The van der Waals surface area contributed by atoms with E-state index < -0.39 is 0 Å². The lowest BCUT2D eigenvalue weighted by atomic mass is 10.5. The molecule has 0 radical (unpaired) electrons. The molecule has 0 spiro atoms. The van der Waals surface area contributed by atoms with Crippen molar-refractivity contribution in [3.05, 3.63) is 0 Å². The van der Waals surface area contributed by atoms with Crippen molar-refractivity contribution < 1.29 is 0 Å². The van der Waals surface area contributed by atoms with Crippen LogP contribution >= 0.6 is 19.7 Å². The van der Waals surface area contributed by atoms with Crippen LogP contribution < -0.4 is 5.64 Å². The van der Waals surface area contributed by atoms with E-state index in [4.69, 9.17) is 5.64 Å². The lowest BCUT2D eigenvalue weighted by Crippen LogP contribution is -1.93. The van der Waals surface area contributed by atoms with Crippen molar-refractivity contribution >= 4 is 26.4 Å². The van der Waals surface area contributed by atoms with Gasteiger partial charge in [0, 0.05) is 0 Å². The van der Waals surface area contributed by atoms with Gasteiger partial charge in [-0.3, -0.25) is 0 Å². The number of nitrogens with two attached hydrogens (primary N) is 1. The van der Waals surface area contributed by atoms with Crippen molar-refractivity contribution in [2.24, 2.45) is 5.64 Å². The molecule has 0 aliphatic heterocycles. The average Bonchev–Trinajstić information content (AvgIpc) is 1.37. The van der Waals surface area contributed by atoms with Gasteiger partial charge in [-0.2, -0.15) is 11.2 Å². The van der Waals surface area contributed by atoms with Gasteiger partial charge in [-0.1, -0.05) is 8.44 Å². The molecule has 0 aromatic heterocycles. The zero-order chi connectivity index (χ0) is 3.41. The smallest absolute Gasteiger partial charge is 0.271 e. The molecule has 4 heavy (non-hydrogen) atoms. The van der Waals surface area contributed by atoms with Crippen LogP contribution in [0.4, 0.5) is 0 Å². The van der Waals surface area contributed by atoms with E-state index in [9.17, 15) is 0 Å². The van der Waals surface area contributed by atoms with Gasteiger partial charge in [-0.05, 0) is 0 Å². The first-order chi connectivity index (χ1) is 1.91. The topological polar surface area (TPSA) is 26.0 Å². The molecular weight excluding hydrogens is 87.9 g/mol. The summed E-state index contributed by atoms with van der Waals surface area (Å²) in [4.78, 5) is 0. The molecule has 0 aromatic carbocycles. The fourth-order valence-electron chi connectivity index (χ4n) is 0. The van der Waals surface area contributed by atoms with Crippen LogP contribution in [-0.4, -0.2) is 6.69 Å². The van der Waals surface area contributed by atoms with Crippen LogP contribution in [0.1, 0.15) is 0 Å². The SMILES string of the molecule is NBSP. The Labute approximate surface area is 32.8 Å². The number of hydrogen-bond donors (Lipinski definition) is 1. The second-order valence-corrected chi connectivity index (χ2v) is 2.00. The van der Waals surface area contributed by atoms with Crippen LogP contribution in [0, 0.1) is 0 Å². The maximum Gasteiger partial charge on any atom is 0.271 e. The lowest BCUT2D eigenvalue weighted by molar-refractivity contribution is 1.98. The van der Waals surface area contributed by atoms with E-state index >= 15 is 0 Å². The lowest BCUT2D eigenvalue weighted by Gasteiger charge is -1.66. The Kier molecular flexibility index (Phi) is 4.57. The summed E-state index contributed by atoms with van der Waals surface area (Å²) in [5, 5.41) is 0. The highest BCUT2D eigenvalue weighted by molar-refractivity contribution is 8.57. The first kappa shape index (κ1) is 4.80. The van der Waals surface area contributed by atoms with Gasteiger partial charge in [0.15, 0.2) is 0 Å². The third-order valence-electron chi connectivity index (χ3n) is 0.0962. The quantitative estimate of drug-likeness (QED) is 0.356. The van der Waals surface area contributed by atoms with E-state index in [1.54, 1.807) is 11.2 Å². The molecule has 4 heteroatoms. The molecule has 0 saturated carbocycles. The van der Waals surface area contributed by atoms with Crippen molar-refractivity contribution in [2.75, 3.05) is 0 Å². The van der Waals surface area contributed by atoms with Crippen molar-refractivity contribution in [2.45, 2.75) is 0 Å². The molecule has 1 nitrogen and oxygen atoms in total. The minimum Gasteiger partial charge on any atom is -0.363 e. The fourth-order valence-corrected chi connectivity index (χ4v) is 0. The molecule has 1 atom stereocenters. The Hall–Kier alpha value is 0.805. The molecule has 0 aliphatic rings. The summed E-state index contributed by atoms with van der Waals surface area (Å²) in [6.45, 7) is 0.699. The maximum absolute atomic E-state index is 4.97. The summed E-state index contributed by atoms with van der Waals surface area (Å²) < 4.78 is 0. The first-order valence-corrected chi connectivity index (χ1v) is 3.40. The second-order valence-electron chi connectivity index (χ2n) is 0.333. The van der Waals surface area contributed by atoms with Gasteiger partial charge in [0.2, 0.25) is 0 Å². The molecule has 0 heterocycles. The average molecular weight is 92.9 g/mol. The number of hydrogen-bond acceptors (Lipinski definition) is 2. The molecule has 0 fully saturated rings. The van der Waals surface area contributed by atoms with E-state index in [0.717, 1.165) is 0 Å². The molecule has 0 saturated heterocycles. The van der Waals surface area contributed by atoms with Gasteiger partial charge in [-0.25, -0.2) is 0 Å². The van der Waals surface area contributed by atoms with E-state index in [1.165, 1.54) is 0 Å². The molecule has 0 amide bonds. The van der Waals surface area contributed by atoms with E-state index in [2.05, 4.69) is 8.44 Å². The van der Waals surface area contributed by atoms with Crippen LogP contribution in [0.25, 0.3) is 0 Å². The summed E-state index contributed by atoms with van der Waals surface area (Å²) >= 11 is 1.55. The van der Waals surface area contributed by atoms with Crippen LogP contribution in [0.3, 0.4) is 0 Å². The van der Waals surface area contributed by atoms with Gasteiger partial charge < -0.3 is 5.64 Å². The predicted octanol–water partition coefficient (Wildman–Crippen LogP) is -0.265. The monoisotopic (exact) mass is 93.0 g/mol. The zero-order valence-corrected chi connectivity index (χ0v) is 4.24. The van der Waals surface area contributed by atoms with Crippen LogP contribution in [-0.2, 0) is 0 Å². The van der Waals surface area contributed by atoms with E-state index in [-0.39, 0.29) is 0 Å². The summed E-state index contributed by atoms with van der Waals surface area (Å²) in [5.74, 6) is 0. The van der Waals surface area contributed by atoms with E-state index in [1.807, 2.05) is 0 Å². The Balaban J connectivity index is 1.97. The third-order valence-corrected chi connectivity index (χ3v) is 0.866. The Morgan fingerprint density at radius 3 is 2.25 bits per heavy atom. The highest BCUT2D eigenvalue weighted by Crippen LogP contribution is 2.01. The highest BCUT2D eigenvalue weighted by atomic mass is 32.7. The van der Waals surface area contributed by atoms with Crippen LogP contribution in [0.5, 0.6) is 0 Å². The first-order valence-electron chi connectivity index (χ1n) is 0.933. The number of rotatable bonds is 1. The fraction of sp³-hybridized carbons (Fsp3) is 0. The summed E-state index contributed by atoms with van der Waals surface area (Å²) in [7, 11) is 2.45. The normalized spacial score (nSPS) is 6.50. The molecule has 2 N–H and O–H groups in total. The molecule has 0 bridgehead atoms.